The molecule has 0 heterocycles. The van der Waals surface area contributed by atoms with E-state index >= 15 is 0 Å². The van der Waals surface area contributed by atoms with Gasteiger partial charge in [0.25, 0.3) is 7.82 Å². The Labute approximate surface area is 237 Å². The number of ether oxygens (including phenoxy) is 1. The summed E-state index contributed by atoms with van der Waals surface area (Å²) in [4.78, 5) is 23.5. The van der Waals surface area contributed by atoms with Crippen molar-refractivity contribution in [1.29, 1.82) is 0 Å². The summed E-state index contributed by atoms with van der Waals surface area (Å²) >= 11 is 0. The Bertz CT molecular complexity index is 772. The average Bonchev–Trinajstić information content (AvgIpc) is 2.86. The number of likely N-dealkylation sites (N-methyl/N-ethyl adjacent to an activating group) is 1. The number of carbonyl (C=O) groups excluding carboxylic acids is 1. The Morgan fingerprint density at radius 1 is 0.821 bits per heavy atom. The Kier molecular flexibility index (Phi) is 23.3. The molecule has 8 nitrogen and oxygen atoms in total. The molecule has 39 heavy (non-hydrogen) atoms. The Morgan fingerprint density at radius 3 is 1.95 bits per heavy atom. The van der Waals surface area contributed by atoms with Crippen LogP contribution in [0.5, 0.6) is 0 Å². The first-order valence-corrected chi connectivity index (χ1v) is 15.9. The van der Waals surface area contributed by atoms with E-state index < -0.39 is 26.5 Å². The first-order valence-electron chi connectivity index (χ1n) is 14.4. The number of nitrogens with zero attached hydrogens (tertiary/aromatic N) is 1. The number of hydrogen-bond donors (Lipinski definition) is 1. The molecule has 0 bridgehead atoms. The lowest BCUT2D eigenvalue weighted by molar-refractivity contribution is -0.870. The molecule has 0 aromatic carbocycles. The number of esters is 1. The highest BCUT2D eigenvalue weighted by atomic mass is 31.2. The van der Waals surface area contributed by atoms with E-state index in [0.29, 0.717) is 11.0 Å². The van der Waals surface area contributed by atoms with Gasteiger partial charge in [0.15, 0.2) is 0 Å². The number of carbonyl (C=O) groups is 1. The molecule has 0 aliphatic rings. The number of hydrogen-bond acceptors (Lipinski definition) is 7. The van der Waals surface area contributed by atoms with Crippen LogP contribution in [0.15, 0.2) is 48.6 Å². The van der Waals surface area contributed by atoms with Crippen LogP contribution in [-0.4, -0.2) is 69.2 Å². The van der Waals surface area contributed by atoms with Gasteiger partial charge >= 0.3 is 5.97 Å². The van der Waals surface area contributed by atoms with Gasteiger partial charge in [0.2, 0.25) is 0 Å². The standard InChI is InChI=1S/C30H54NO7P/c1-5-6-7-8-9-10-11-12-13-14-15-16-17-18-19-20-21-22-23-24-30(33)36-27-29(32)28-38-39(34,35)37-26-25-31(2,3)4/h6-7,9-10,12-13,15-16,29,32H,5,8,11,14,17-28H2,1-4H3/b7-6-,10-9-,13-12-,16-15-. The number of quaternary nitrogens is 1. The minimum absolute atomic E-state index is 0.0132. The van der Waals surface area contributed by atoms with Gasteiger partial charge in [-0.15, -0.1) is 0 Å². The van der Waals surface area contributed by atoms with Crippen LogP contribution in [0.2, 0.25) is 0 Å². The fourth-order valence-electron chi connectivity index (χ4n) is 3.29. The molecule has 0 amide bonds. The number of phosphoric acid groups is 1. The van der Waals surface area contributed by atoms with Crippen LogP contribution in [0.4, 0.5) is 0 Å². The number of aliphatic hydroxyl groups excluding tert-OH is 1. The monoisotopic (exact) mass is 571 g/mol. The minimum Gasteiger partial charge on any atom is -0.756 e. The zero-order chi connectivity index (χ0) is 29.2. The van der Waals surface area contributed by atoms with E-state index in [2.05, 4.69) is 60.1 Å². The molecule has 0 saturated carbocycles. The molecule has 0 saturated heterocycles. The Balaban J connectivity index is 3.62. The van der Waals surface area contributed by atoms with Gasteiger partial charge < -0.3 is 28.3 Å². The fraction of sp³-hybridized carbons (Fsp3) is 0.700. The molecule has 226 valence electrons. The quantitative estimate of drug-likeness (QED) is 0.0469. The summed E-state index contributed by atoms with van der Waals surface area (Å²) < 4.78 is 26.7. The van der Waals surface area contributed by atoms with E-state index in [4.69, 9.17) is 9.26 Å². The van der Waals surface area contributed by atoms with Crippen molar-refractivity contribution in [2.24, 2.45) is 0 Å². The molecule has 0 aromatic rings. The molecule has 0 aromatic heterocycles. The maximum atomic E-state index is 11.8. The minimum atomic E-state index is -4.50. The van der Waals surface area contributed by atoms with Crippen molar-refractivity contribution in [2.45, 2.75) is 90.1 Å². The van der Waals surface area contributed by atoms with Gasteiger partial charge in [-0.05, 0) is 44.9 Å². The van der Waals surface area contributed by atoms with Crippen molar-refractivity contribution in [2.75, 3.05) is 47.5 Å². The van der Waals surface area contributed by atoms with E-state index in [-0.39, 0.29) is 19.6 Å². The lowest BCUT2D eigenvalue weighted by Gasteiger charge is -2.27. The Hall–Kier alpha value is -1.54. The van der Waals surface area contributed by atoms with Gasteiger partial charge in [-0.3, -0.25) is 9.36 Å². The van der Waals surface area contributed by atoms with Gasteiger partial charge in [0.05, 0.1) is 27.7 Å². The van der Waals surface area contributed by atoms with Crippen molar-refractivity contribution in [1.82, 2.24) is 0 Å². The number of unbranched alkanes of at least 4 members (excludes halogenated alkanes) is 6. The number of phosphoric ester groups is 1. The molecular formula is C30H54NO7P. The smallest absolute Gasteiger partial charge is 0.305 e. The number of rotatable bonds is 25. The number of allylic oxidation sites excluding steroid dienone is 8. The summed E-state index contributed by atoms with van der Waals surface area (Å²) in [6, 6.07) is 0. The van der Waals surface area contributed by atoms with Crippen LogP contribution < -0.4 is 4.89 Å². The zero-order valence-corrected chi connectivity index (χ0v) is 25.7. The second kappa shape index (κ2) is 24.3. The summed E-state index contributed by atoms with van der Waals surface area (Å²) in [5.74, 6) is -0.405. The third-order valence-corrected chi connectivity index (χ3v) is 6.56. The summed E-state index contributed by atoms with van der Waals surface area (Å²) in [6.07, 6.45) is 28.1. The molecule has 0 fully saturated rings. The van der Waals surface area contributed by atoms with Crippen molar-refractivity contribution in [3.8, 4) is 0 Å². The predicted octanol–water partition coefficient (Wildman–Crippen LogP) is 6.02. The third-order valence-electron chi connectivity index (χ3n) is 5.59. The van der Waals surface area contributed by atoms with Crippen molar-refractivity contribution in [3.05, 3.63) is 48.6 Å². The van der Waals surface area contributed by atoms with E-state index in [0.717, 1.165) is 57.8 Å². The van der Waals surface area contributed by atoms with Gasteiger partial charge in [-0.25, -0.2) is 0 Å². The van der Waals surface area contributed by atoms with Crippen LogP contribution >= 0.6 is 7.82 Å². The molecule has 0 aliphatic carbocycles. The van der Waals surface area contributed by atoms with E-state index in [9.17, 15) is 19.4 Å². The summed E-state index contributed by atoms with van der Waals surface area (Å²) in [5.41, 5.74) is 0. The van der Waals surface area contributed by atoms with E-state index in [1.165, 1.54) is 12.8 Å². The van der Waals surface area contributed by atoms with E-state index in [1.54, 1.807) is 0 Å². The van der Waals surface area contributed by atoms with Crippen molar-refractivity contribution >= 4 is 13.8 Å². The topological polar surface area (TPSA) is 105 Å². The second-order valence-electron chi connectivity index (χ2n) is 10.6. The molecule has 0 aliphatic heterocycles. The van der Waals surface area contributed by atoms with Crippen LogP contribution in [0, 0.1) is 0 Å². The summed E-state index contributed by atoms with van der Waals surface area (Å²) in [7, 11) is 1.23. The highest BCUT2D eigenvalue weighted by Crippen LogP contribution is 2.38. The van der Waals surface area contributed by atoms with Crippen LogP contribution in [0.1, 0.15) is 84.0 Å². The first kappa shape index (κ1) is 37.5. The predicted molar refractivity (Wildman–Crippen MR) is 157 cm³/mol. The largest absolute Gasteiger partial charge is 0.756 e. The maximum Gasteiger partial charge on any atom is 0.305 e. The highest BCUT2D eigenvalue weighted by molar-refractivity contribution is 7.45. The second-order valence-corrected chi connectivity index (χ2v) is 12.0. The van der Waals surface area contributed by atoms with Crippen LogP contribution in [-0.2, 0) is 23.1 Å². The molecule has 9 heteroatoms. The SMILES string of the molecule is CC/C=C\C/C=C\C/C=C\C/C=C\CCCCCCCCC(=O)OCC(O)COP(=O)([O-])OCC[N+](C)(C)C. The van der Waals surface area contributed by atoms with Crippen LogP contribution in [0.25, 0.3) is 0 Å². The first-order chi connectivity index (χ1) is 18.6. The van der Waals surface area contributed by atoms with Crippen molar-refractivity contribution in [3.63, 3.8) is 0 Å². The molecule has 0 spiro atoms. The summed E-state index contributed by atoms with van der Waals surface area (Å²) in [6.45, 7) is 1.79. The highest BCUT2D eigenvalue weighted by Gasteiger charge is 2.16. The van der Waals surface area contributed by atoms with Crippen molar-refractivity contribution < 1.29 is 37.6 Å². The maximum absolute atomic E-state index is 11.8. The lowest BCUT2D eigenvalue weighted by atomic mass is 10.1. The van der Waals surface area contributed by atoms with Gasteiger partial charge in [0, 0.05) is 6.42 Å². The van der Waals surface area contributed by atoms with Crippen LogP contribution in [0.3, 0.4) is 0 Å². The zero-order valence-electron chi connectivity index (χ0n) is 24.8. The third kappa shape index (κ3) is 29.3. The van der Waals surface area contributed by atoms with Gasteiger partial charge in [-0.1, -0.05) is 81.2 Å². The summed E-state index contributed by atoms with van der Waals surface area (Å²) in [5, 5.41) is 9.82. The lowest BCUT2D eigenvalue weighted by Crippen LogP contribution is -2.37. The number of aliphatic hydroxyl groups is 1. The molecule has 0 rings (SSSR count). The molecule has 2 unspecified atom stereocenters. The van der Waals surface area contributed by atoms with E-state index in [1.807, 2.05) is 21.1 Å². The molecule has 0 radical (unpaired) electrons. The molecular weight excluding hydrogens is 517 g/mol. The average molecular weight is 572 g/mol. The van der Waals surface area contributed by atoms with Gasteiger partial charge in [-0.2, -0.15) is 0 Å². The van der Waals surface area contributed by atoms with Gasteiger partial charge in [0.1, 0.15) is 25.9 Å². The molecule has 1 N–H and O–H groups in total. The fourth-order valence-corrected chi connectivity index (χ4v) is 4.02. The molecule has 2 atom stereocenters. The normalized spacial score (nSPS) is 15.1. The Morgan fingerprint density at radius 2 is 1.36 bits per heavy atom.